The highest BCUT2D eigenvalue weighted by atomic mass is 16.5. The number of hydrogen-bond acceptors (Lipinski definition) is 6. The zero-order valence-corrected chi connectivity index (χ0v) is 39.1. The summed E-state index contributed by atoms with van der Waals surface area (Å²) in [6.07, 6.45) is 28.1. The molecule has 0 fully saturated rings. The van der Waals surface area contributed by atoms with Gasteiger partial charge in [-0.2, -0.15) is 0 Å². The first-order valence-electron chi connectivity index (χ1n) is 21.3. The van der Waals surface area contributed by atoms with Gasteiger partial charge in [0, 0.05) is 6.61 Å². The average Bonchev–Trinajstić information content (AvgIpc) is 3.10. The fourth-order valence-corrected chi connectivity index (χ4v) is 4.86. The molecule has 2 N–H and O–H groups in total. The third-order valence-electron chi connectivity index (χ3n) is 8.74. The molecule has 0 heterocycles. The zero-order chi connectivity index (χ0) is 43.5. The molecule has 0 amide bonds. The molecule has 2 atom stereocenters. The fraction of sp³-hybridized carbons (Fsp3) is 0.714. The molecule has 0 aromatic rings. The summed E-state index contributed by atoms with van der Waals surface area (Å²) in [5.74, 6) is 1.49. The van der Waals surface area contributed by atoms with Crippen LogP contribution in [0.2, 0.25) is 0 Å². The number of carbonyl (C=O) groups excluding carboxylic acids is 2. The van der Waals surface area contributed by atoms with E-state index in [-0.39, 0.29) is 12.7 Å². The van der Waals surface area contributed by atoms with Gasteiger partial charge in [0.25, 0.3) is 12.9 Å². The Labute approximate surface area is 342 Å². The Morgan fingerprint density at radius 2 is 1.11 bits per heavy atom. The van der Waals surface area contributed by atoms with E-state index in [2.05, 4.69) is 137 Å². The molecule has 6 nitrogen and oxygen atoms in total. The zero-order valence-electron chi connectivity index (χ0n) is 39.1. The van der Waals surface area contributed by atoms with Gasteiger partial charge >= 0.3 is 0 Å². The molecule has 0 aromatic carbocycles. The fourth-order valence-electron chi connectivity index (χ4n) is 4.86. The van der Waals surface area contributed by atoms with Gasteiger partial charge in [-0.15, -0.1) is 0 Å². The van der Waals surface area contributed by atoms with Gasteiger partial charge in [0.1, 0.15) is 5.76 Å². The molecule has 0 aliphatic heterocycles. The maximum Gasteiger partial charge on any atom is 0.298 e. The number of aliphatic hydroxyl groups excluding tert-OH is 2. The van der Waals surface area contributed by atoms with E-state index in [1.54, 1.807) is 12.5 Å². The summed E-state index contributed by atoms with van der Waals surface area (Å²) in [5, 5.41) is 17.4. The molecule has 6 heteroatoms. The van der Waals surface area contributed by atoms with Crippen LogP contribution in [0.1, 0.15) is 201 Å². The Kier molecular flexibility index (Phi) is 51.1. The van der Waals surface area contributed by atoms with Gasteiger partial charge in [-0.25, -0.2) is 0 Å². The number of aliphatic hydroxyl groups is 2. The minimum atomic E-state index is 0.0949. The highest BCUT2D eigenvalue weighted by Crippen LogP contribution is 2.30. The molecule has 0 bridgehead atoms. The maximum atomic E-state index is 9.94. The first-order valence-corrected chi connectivity index (χ1v) is 21.3. The maximum absolute atomic E-state index is 9.94. The summed E-state index contributed by atoms with van der Waals surface area (Å²) in [6, 6.07) is 0. The lowest BCUT2D eigenvalue weighted by Crippen LogP contribution is -2.17. The van der Waals surface area contributed by atoms with Crippen molar-refractivity contribution >= 4 is 12.9 Å². The summed E-state index contributed by atoms with van der Waals surface area (Å²) in [4.78, 5) is 19.6. The minimum absolute atomic E-state index is 0.0949. The van der Waals surface area contributed by atoms with Crippen molar-refractivity contribution in [3.8, 4) is 0 Å². The average molecular weight is 777 g/mol. The van der Waals surface area contributed by atoms with Gasteiger partial charge in [0.05, 0.1) is 12.7 Å². The summed E-state index contributed by atoms with van der Waals surface area (Å²) in [7, 11) is 0. The van der Waals surface area contributed by atoms with Crippen molar-refractivity contribution in [3.05, 3.63) is 70.1 Å². The van der Waals surface area contributed by atoms with Gasteiger partial charge in [0.15, 0.2) is 0 Å². The number of hydrogen-bond donors (Lipinski definition) is 2. The summed E-state index contributed by atoms with van der Waals surface area (Å²) in [5.41, 5.74) is 7.31. The molecule has 324 valence electrons. The highest BCUT2D eigenvalue weighted by Gasteiger charge is 2.19. The number of allylic oxidation sites excluding steroid dienone is 11. The molecule has 0 radical (unpaired) electrons. The van der Waals surface area contributed by atoms with Crippen molar-refractivity contribution in [1.29, 1.82) is 0 Å². The molecule has 55 heavy (non-hydrogen) atoms. The smallest absolute Gasteiger partial charge is 0.298 e. The normalized spacial score (nSPS) is 13.2. The van der Waals surface area contributed by atoms with E-state index in [1.165, 1.54) is 36.0 Å². The van der Waals surface area contributed by atoms with Crippen molar-refractivity contribution in [2.24, 2.45) is 11.3 Å². The standard InChI is InChI=1S/C13H26.C11H18O2.C11H20O.C8H16O.C6H12O2/c1-7-8-11(2)9-10-12(3)13(4,5)6;1-4-6-10(2)7-5-8-11(3)13-9-12;1-4-6-11(9-12)8-5-7-10(2)3;1-3-5-8(2)6-4-7-9;1-3-4-6(2)8-5-7/h8,12H,7,9-10H2,1-6H3;6,8-9H,4-5,7H2,1-3H3;6-7,12H,4-5,8-9H2,1-3H3;5,9H,3-4,6-7H2,1-2H3;5-6H,3-4H2,1-2H3/b11-8+;10-6+,11-8+;11-6-;8-5+;. The quantitative estimate of drug-likeness (QED) is 0.0610. The van der Waals surface area contributed by atoms with Gasteiger partial charge in [-0.05, 0) is 155 Å². The van der Waals surface area contributed by atoms with Crippen molar-refractivity contribution < 1.29 is 29.3 Å². The third-order valence-corrected chi connectivity index (χ3v) is 8.74. The van der Waals surface area contributed by atoms with Crippen LogP contribution >= 0.6 is 0 Å². The molecule has 0 aromatic heterocycles. The largest absolute Gasteiger partial charge is 0.465 e. The number of carbonyl (C=O) groups is 2. The Hall–Kier alpha value is -2.70. The van der Waals surface area contributed by atoms with Crippen LogP contribution in [0.15, 0.2) is 70.1 Å². The van der Waals surface area contributed by atoms with E-state index in [9.17, 15) is 9.59 Å². The van der Waals surface area contributed by atoms with Gasteiger partial charge in [-0.3, -0.25) is 9.59 Å². The lowest BCUT2D eigenvalue weighted by molar-refractivity contribution is -0.133. The van der Waals surface area contributed by atoms with Crippen molar-refractivity contribution in [1.82, 2.24) is 0 Å². The van der Waals surface area contributed by atoms with Gasteiger partial charge in [-0.1, -0.05) is 121 Å². The molecule has 0 rings (SSSR count). The van der Waals surface area contributed by atoms with Crippen LogP contribution in [0.25, 0.3) is 0 Å². The van der Waals surface area contributed by atoms with Crippen LogP contribution in [0.4, 0.5) is 0 Å². The Bertz CT molecular complexity index is 1050. The topological polar surface area (TPSA) is 93.1 Å². The second kappa shape index (κ2) is 45.7. The van der Waals surface area contributed by atoms with Crippen LogP contribution in [-0.2, 0) is 19.1 Å². The van der Waals surface area contributed by atoms with Crippen molar-refractivity contribution in [2.45, 2.75) is 207 Å². The van der Waals surface area contributed by atoms with Crippen molar-refractivity contribution in [3.63, 3.8) is 0 Å². The Balaban J connectivity index is -0.000000192. The lowest BCUT2D eigenvalue weighted by atomic mass is 9.79. The Morgan fingerprint density at radius 3 is 1.51 bits per heavy atom. The summed E-state index contributed by atoms with van der Waals surface area (Å²) >= 11 is 0. The second-order valence-corrected chi connectivity index (χ2v) is 15.7. The molecule has 2 unspecified atom stereocenters. The highest BCUT2D eigenvalue weighted by molar-refractivity contribution is 5.39. The molecular weight excluding hydrogens is 685 g/mol. The summed E-state index contributed by atoms with van der Waals surface area (Å²) in [6.45, 7) is 35.8. The summed E-state index contributed by atoms with van der Waals surface area (Å²) < 4.78 is 9.25. The Morgan fingerprint density at radius 1 is 0.618 bits per heavy atom. The SMILES string of the molecule is CC/C=C(\C)CC/C=C(\C)OC=O.CC/C=C(\C)CCC(C)C(C)(C)C.CC/C=C(\C)CCCO.CC/C=C(\CO)CCC=C(C)C.CCCC(C)OC=O. The minimum Gasteiger partial charge on any atom is -0.465 e. The molecular formula is C49H92O6. The van der Waals surface area contributed by atoms with Crippen LogP contribution < -0.4 is 0 Å². The van der Waals surface area contributed by atoms with E-state index in [0.29, 0.717) is 30.7 Å². The lowest BCUT2D eigenvalue weighted by Gasteiger charge is -2.27. The van der Waals surface area contributed by atoms with Crippen LogP contribution in [0.3, 0.4) is 0 Å². The van der Waals surface area contributed by atoms with Gasteiger partial charge in [0.2, 0.25) is 0 Å². The predicted octanol–water partition coefficient (Wildman–Crippen LogP) is 14.5. The van der Waals surface area contributed by atoms with E-state index in [1.807, 2.05) is 13.0 Å². The van der Waals surface area contributed by atoms with E-state index in [0.717, 1.165) is 82.1 Å². The van der Waals surface area contributed by atoms with Crippen LogP contribution in [0.5, 0.6) is 0 Å². The predicted molar refractivity (Wildman–Crippen MR) is 242 cm³/mol. The number of rotatable bonds is 23. The molecule has 0 saturated heterocycles. The van der Waals surface area contributed by atoms with Crippen LogP contribution in [0, 0.1) is 11.3 Å². The molecule has 0 saturated carbocycles. The first kappa shape index (κ1) is 61.5. The van der Waals surface area contributed by atoms with E-state index >= 15 is 0 Å². The van der Waals surface area contributed by atoms with E-state index < -0.39 is 0 Å². The molecule has 0 spiro atoms. The monoisotopic (exact) mass is 777 g/mol. The molecule has 0 aliphatic carbocycles. The second-order valence-electron chi connectivity index (χ2n) is 15.7. The third kappa shape index (κ3) is 55.7. The van der Waals surface area contributed by atoms with Crippen LogP contribution in [-0.4, -0.2) is 42.5 Å². The molecule has 0 aliphatic rings. The number of ether oxygens (including phenoxy) is 2. The van der Waals surface area contributed by atoms with E-state index in [4.69, 9.17) is 10.2 Å². The van der Waals surface area contributed by atoms with Crippen molar-refractivity contribution in [2.75, 3.05) is 13.2 Å². The first-order chi connectivity index (χ1) is 25.9. The van der Waals surface area contributed by atoms with Gasteiger partial charge < -0.3 is 19.7 Å².